The fourth-order valence-corrected chi connectivity index (χ4v) is 4.52. The van der Waals surface area contributed by atoms with Crippen LogP contribution in [0.2, 0.25) is 0 Å². The van der Waals surface area contributed by atoms with E-state index in [1.165, 1.54) is 12.0 Å². The molecule has 1 aromatic rings. The topological polar surface area (TPSA) is 199 Å². The van der Waals surface area contributed by atoms with Gasteiger partial charge in [-0.05, 0) is 18.9 Å². The van der Waals surface area contributed by atoms with Crippen LogP contribution in [0.25, 0.3) is 0 Å². The first-order valence-electron chi connectivity index (χ1n) is 12.6. The average molecular weight is 619 g/mol. The molecule has 2 amide bonds. The van der Waals surface area contributed by atoms with Crippen molar-refractivity contribution in [2.75, 3.05) is 66.1 Å². The Hall–Kier alpha value is -3.72. The van der Waals surface area contributed by atoms with Gasteiger partial charge < -0.3 is 35.0 Å². The zero-order valence-electron chi connectivity index (χ0n) is 22.4. The molecule has 0 aliphatic carbocycles. The van der Waals surface area contributed by atoms with Gasteiger partial charge in [-0.1, -0.05) is 0 Å². The number of carbonyl (C=O) groups excluding carboxylic acids is 2. The Morgan fingerprint density at radius 1 is 1.00 bits per heavy atom. The van der Waals surface area contributed by atoms with Crippen LogP contribution >= 0.6 is 0 Å². The van der Waals surface area contributed by atoms with Gasteiger partial charge in [0.05, 0.1) is 57.1 Å². The van der Waals surface area contributed by atoms with Gasteiger partial charge in [-0.3, -0.25) is 38.8 Å². The minimum Gasteiger partial charge on any atom is -0.493 e. The third-order valence-corrected chi connectivity index (χ3v) is 6.32. The normalized spacial score (nSPS) is 15.5. The number of rotatable bonds is 16. The number of benzene rings is 1. The molecule has 0 bridgehead atoms. The Morgan fingerprint density at radius 2 is 1.61 bits per heavy atom. The van der Waals surface area contributed by atoms with E-state index >= 15 is 0 Å². The summed E-state index contributed by atoms with van der Waals surface area (Å²) in [5, 5.41) is 29.7. The number of hydrogen-bond donors (Lipinski definition) is 4. The Kier molecular flexibility index (Phi) is 13.0. The first-order valence-corrected chi connectivity index (χ1v) is 12.6. The summed E-state index contributed by atoms with van der Waals surface area (Å²) in [6.07, 6.45) is 3.54. The first kappa shape index (κ1) is 33.5. The molecule has 16 heteroatoms. The minimum atomic E-state index is -1.23. The zero-order valence-corrected chi connectivity index (χ0v) is 23.5. The van der Waals surface area contributed by atoms with Crippen LogP contribution < -0.4 is 14.8 Å². The van der Waals surface area contributed by atoms with Gasteiger partial charge in [-0.15, -0.1) is 0 Å². The molecule has 2 aliphatic heterocycles. The second-order valence-corrected chi connectivity index (χ2v) is 9.31. The van der Waals surface area contributed by atoms with E-state index in [1.807, 2.05) is 0 Å². The molecular weight excluding hydrogens is 586 g/mol. The number of fused-ring (bicyclic) bond motifs is 2. The summed E-state index contributed by atoms with van der Waals surface area (Å²) in [6, 6.07) is 3.16. The predicted molar refractivity (Wildman–Crippen MR) is 139 cm³/mol. The molecule has 3 rings (SSSR count). The summed E-state index contributed by atoms with van der Waals surface area (Å²) in [4.78, 5) is 67.2. The fourth-order valence-electron chi connectivity index (χ4n) is 4.52. The van der Waals surface area contributed by atoms with Crippen molar-refractivity contribution < 1.29 is 65.8 Å². The van der Waals surface area contributed by atoms with E-state index in [-0.39, 0.29) is 61.8 Å². The molecule has 0 radical (unpaired) electrons. The third-order valence-electron chi connectivity index (χ3n) is 6.32. The third kappa shape index (κ3) is 10.0. The van der Waals surface area contributed by atoms with Crippen LogP contribution in [0.1, 0.15) is 23.2 Å². The van der Waals surface area contributed by atoms with Crippen molar-refractivity contribution in [3.8, 4) is 11.5 Å². The number of nitrogens with one attached hydrogen (secondary N) is 1. The van der Waals surface area contributed by atoms with E-state index in [0.717, 1.165) is 17.7 Å². The van der Waals surface area contributed by atoms with Gasteiger partial charge >= 0.3 is 17.9 Å². The molecule has 1 aromatic carbocycles. The van der Waals surface area contributed by atoms with Crippen LogP contribution in [0.15, 0.2) is 17.1 Å². The molecule has 226 valence electrons. The number of carboxylic acids is 3. The number of hydrogen-bond acceptors (Lipinski definition) is 10. The standard InChI is InChI=1S/C25H33N5O10.Fe/c1-39-19-9-17-18(27-11-16-3-2-5-30(16)25(17)38)10-20(19)40-8-4-26-21(31)12-28(13-22(32)33)6-7-29(14-23(34)35)15-24(36)37;/h9-11,16H,2-8,12-15H2,1H3,(H,26,31)(H,32,33)(H,34,35)(H,36,37);/t16-;/m0./s1. The molecule has 0 spiro atoms. The monoisotopic (exact) mass is 619 g/mol. The summed E-state index contributed by atoms with van der Waals surface area (Å²) in [6.45, 7) is -1.22. The summed E-state index contributed by atoms with van der Waals surface area (Å²) in [7, 11) is 1.45. The van der Waals surface area contributed by atoms with Gasteiger partial charge in [0.25, 0.3) is 5.91 Å². The van der Waals surface area contributed by atoms with Crippen LogP contribution in [-0.2, 0) is 36.2 Å². The first-order chi connectivity index (χ1) is 19.1. The number of aliphatic imine (C=N–C) groups is 1. The van der Waals surface area contributed by atoms with E-state index in [2.05, 4.69) is 10.3 Å². The number of carbonyl (C=O) groups is 5. The maximum atomic E-state index is 13.0. The largest absolute Gasteiger partial charge is 0.493 e. The van der Waals surface area contributed by atoms with Gasteiger partial charge in [0.2, 0.25) is 5.91 Å². The predicted octanol–water partition coefficient (Wildman–Crippen LogP) is -0.634. The molecule has 0 saturated carbocycles. The molecule has 4 N–H and O–H groups in total. The minimum absolute atomic E-state index is 0. The van der Waals surface area contributed by atoms with Crippen LogP contribution in [0, 0.1) is 0 Å². The molecule has 41 heavy (non-hydrogen) atoms. The molecule has 0 unspecified atom stereocenters. The molecular formula is C25H33FeN5O10. The molecule has 1 saturated heterocycles. The number of aliphatic carboxylic acids is 3. The Balaban J connectivity index is 0.00000588. The van der Waals surface area contributed by atoms with Gasteiger partial charge in [-0.25, -0.2) is 0 Å². The molecule has 15 nitrogen and oxygen atoms in total. The number of nitrogens with zero attached hydrogens (tertiary/aromatic N) is 4. The number of methoxy groups -OCH3 is 1. The van der Waals surface area contributed by atoms with Crippen LogP contribution in [0.4, 0.5) is 5.69 Å². The van der Waals surface area contributed by atoms with E-state index < -0.39 is 43.4 Å². The Labute approximate surface area is 246 Å². The molecule has 1 fully saturated rings. The zero-order chi connectivity index (χ0) is 29.2. The van der Waals surface area contributed by atoms with Gasteiger partial charge in [0, 0.05) is 49.0 Å². The van der Waals surface area contributed by atoms with Crippen molar-refractivity contribution in [2.45, 2.75) is 18.9 Å². The second kappa shape index (κ2) is 15.9. The average Bonchev–Trinajstić information content (AvgIpc) is 3.31. The second-order valence-electron chi connectivity index (χ2n) is 9.31. The van der Waals surface area contributed by atoms with Crippen molar-refractivity contribution in [3.63, 3.8) is 0 Å². The van der Waals surface area contributed by atoms with Crippen molar-refractivity contribution >= 4 is 41.6 Å². The maximum Gasteiger partial charge on any atom is 0.317 e. The summed E-state index contributed by atoms with van der Waals surface area (Å²) >= 11 is 0. The Morgan fingerprint density at radius 3 is 2.20 bits per heavy atom. The van der Waals surface area contributed by atoms with Crippen molar-refractivity contribution in [1.82, 2.24) is 20.0 Å². The van der Waals surface area contributed by atoms with Crippen LogP contribution in [-0.4, -0.2) is 138 Å². The fraction of sp³-hybridized carbons (Fsp3) is 0.520. The van der Waals surface area contributed by atoms with Crippen LogP contribution in [0.3, 0.4) is 0 Å². The Bertz CT molecular complexity index is 1150. The smallest absolute Gasteiger partial charge is 0.317 e. The molecule has 1 atom stereocenters. The SMILES string of the molecule is COc1cc2c(cc1OCCNC(=O)CN(CCN(CC(=O)O)CC(=O)O)CC(=O)O)N=C[C@@H]1CCCN1C2=O.[Fe]. The van der Waals surface area contributed by atoms with Crippen LogP contribution in [0.5, 0.6) is 11.5 Å². The van der Waals surface area contributed by atoms with Gasteiger partial charge in [0.15, 0.2) is 11.5 Å². The number of carboxylic acid groups (broad SMARTS) is 3. The quantitative estimate of drug-likeness (QED) is 0.135. The van der Waals surface area contributed by atoms with E-state index in [1.54, 1.807) is 23.2 Å². The molecule has 0 aromatic heterocycles. The van der Waals surface area contributed by atoms with Crippen molar-refractivity contribution in [3.05, 3.63) is 17.7 Å². The van der Waals surface area contributed by atoms with Gasteiger partial charge in [0.1, 0.15) is 6.61 Å². The summed E-state index contributed by atoms with van der Waals surface area (Å²) < 4.78 is 11.2. The van der Waals surface area contributed by atoms with E-state index in [0.29, 0.717) is 29.3 Å². The number of ether oxygens (including phenoxy) is 2. The molecule has 2 heterocycles. The van der Waals surface area contributed by atoms with Crippen molar-refractivity contribution in [1.29, 1.82) is 0 Å². The van der Waals surface area contributed by atoms with E-state index in [4.69, 9.17) is 24.8 Å². The number of amides is 2. The van der Waals surface area contributed by atoms with Crippen molar-refractivity contribution in [2.24, 2.45) is 4.99 Å². The van der Waals surface area contributed by atoms with E-state index in [9.17, 15) is 24.0 Å². The maximum absolute atomic E-state index is 13.0. The molecule has 2 aliphatic rings. The summed E-state index contributed by atoms with van der Waals surface area (Å²) in [5.41, 5.74) is 0.880. The van der Waals surface area contributed by atoms with Gasteiger partial charge in [-0.2, -0.15) is 0 Å². The summed E-state index contributed by atoms with van der Waals surface area (Å²) in [5.74, 6) is -3.60.